The van der Waals surface area contributed by atoms with Gasteiger partial charge < -0.3 is 10.1 Å². The number of rotatable bonds is 8. The number of hydrogen-bond acceptors (Lipinski definition) is 4. The second kappa shape index (κ2) is 9.85. The number of anilines is 1. The lowest BCUT2D eigenvalue weighted by atomic mass is 10.1. The Balaban J connectivity index is 1.56. The van der Waals surface area contributed by atoms with E-state index >= 15 is 0 Å². The van der Waals surface area contributed by atoms with Gasteiger partial charge in [0.25, 0.3) is 15.9 Å². The predicted octanol–water partition coefficient (Wildman–Crippen LogP) is 4.57. The van der Waals surface area contributed by atoms with Gasteiger partial charge in [-0.3, -0.25) is 9.52 Å². The zero-order chi connectivity index (χ0) is 22.4. The third kappa shape index (κ3) is 5.99. The fourth-order valence-corrected chi connectivity index (χ4v) is 4.14. The topological polar surface area (TPSA) is 84.5 Å². The van der Waals surface area contributed by atoms with Crippen LogP contribution in [0.3, 0.4) is 0 Å². The van der Waals surface area contributed by atoms with Crippen molar-refractivity contribution in [2.45, 2.75) is 18.7 Å². The van der Waals surface area contributed by atoms with Gasteiger partial charge in [-0.25, -0.2) is 8.42 Å². The first-order valence-corrected chi connectivity index (χ1v) is 11.5. The van der Waals surface area contributed by atoms with E-state index in [-0.39, 0.29) is 10.8 Å². The molecule has 0 spiro atoms. The minimum Gasteiger partial charge on any atom is -0.492 e. The molecular weight excluding hydrogens is 436 g/mol. The van der Waals surface area contributed by atoms with Crippen molar-refractivity contribution in [3.8, 4) is 5.75 Å². The SMILES string of the molecule is Cc1ccc(OCCNC(=O)c2ccc(NS(=O)(=O)c3ccccc3)c(C)c2)cc1Cl. The van der Waals surface area contributed by atoms with Crippen LogP contribution in [0.2, 0.25) is 5.02 Å². The molecule has 162 valence electrons. The second-order valence-electron chi connectivity index (χ2n) is 6.96. The summed E-state index contributed by atoms with van der Waals surface area (Å²) in [6.07, 6.45) is 0. The first-order chi connectivity index (χ1) is 14.8. The van der Waals surface area contributed by atoms with Crippen molar-refractivity contribution >= 4 is 33.2 Å². The molecule has 31 heavy (non-hydrogen) atoms. The number of ether oxygens (including phenoxy) is 1. The van der Waals surface area contributed by atoms with E-state index in [4.69, 9.17) is 16.3 Å². The lowest BCUT2D eigenvalue weighted by Crippen LogP contribution is -2.28. The van der Waals surface area contributed by atoms with E-state index in [2.05, 4.69) is 10.0 Å². The predicted molar refractivity (Wildman–Crippen MR) is 122 cm³/mol. The lowest BCUT2D eigenvalue weighted by Gasteiger charge is -2.12. The van der Waals surface area contributed by atoms with Gasteiger partial charge >= 0.3 is 0 Å². The number of carbonyl (C=O) groups is 1. The number of hydrogen-bond donors (Lipinski definition) is 2. The molecule has 0 aliphatic carbocycles. The van der Waals surface area contributed by atoms with E-state index in [0.29, 0.717) is 40.7 Å². The Morgan fingerprint density at radius 2 is 1.71 bits per heavy atom. The van der Waals surface area contributed by atoms with Crippen LogP contribution < -0.4 is 14.8 Å². The molecule has 0 bridgehead atoms. The molecule has 0 unspecified atom stereocenters. The molecule has 0 heterocycles. The number of carbonyl (C=O) groups excluding carboxylic acids is 1. The molecule has 0 radical (unpaired) electrons. The Labute approximate surface area is 187 Å². The molecule has 0 atom stereocenters. The molecule has 3 rings (SSSR count). The van der Waals surface area contributed by atoms with E-state index < -0.39 is 10.0 Å². The van der Waals surface area contributed by atoms with Crippen molar-refractivity contribution in [1.82, 2.24) is 5.32 Å². The third-order valence-corrected chi connectivity index (χ3v) is 6.37. The summed E-state index contributed by atoms with van der Waals surface area (Å²) in [6, 6.07) is 18.3. The Morgan fingerprint density at radius 1 is 0.968 bits per heavy atom. The fourth-order valence-electron chi connectivity index (χ4n) is 2.82. The average Bonchev–Trinajstić information content (AvgIpc) is 2.75. The molecule has 1 amide bonds. The Kier molecular flexibility index (Phi) is 7.20. The zero-order valence-corrected chi connectivity index (χ0v) is 18.8. The van der Waals surface area contributed by atoms with Crippen molar-refractivity contribution in [3.63, 3.8) is 0 Å². The number of benzene rings is 3. The standard InChI is InChI=1S/C23H23ClN2O4S/c1-16-8-10-19(15-21(16)24)30-13-12-25-23(27)18-9-11-22(17(2)14-18)26-31(28,29)20-6-4-3-5-7-20/h3-11,14-15,26H,12-13H2,1-2H3,(H,25,27). The molecule has 0 saturated heterocycles. The van der Waals surface area contributed by atoms with E-state index in [1.807, 2.05) is 19.1 Å². The summed E-state index contributed by atoms with van der Waals surface area (Å²) in [5, 5.41) is 3.41. The van der Waals surface area contributed by atoms with Crippen LogP contribution in [0.4, 0.5) is 5.69 Å². The van der Waals surface area contributed by atoms with Gasteiger partial charge in [0.1, 0.15) is 12.4 Å². The molecule has 3 aromatic carbocycles. The van der Waals surface area contributed by atoms with Gasteiger partial charge in [0, 0.05) is 10.6 Å². The molecule has 0 aliphatic rings. The van der Waals surface area contributed by atoms with Crippen LogP contribution in [0.15, 0.2) is 71.6 Å². The average molecular weight is 459 g/mol. The maximum atomic E-state index is 12.5. The highest BCUT2D eigenvalue weighted by atomic mass is 35.5. The maximum Gasteiger partial charge on any atom is 0.261 e. The lowest BCUT2D eigenvalue weighted by molar-refractivity contribution is 0.0947. The van der Waals surface area contributed by atoms with Crippen molar-refractivity contribution in [2.75, 3.05) is 17.9 Å². The molecule has 0 aliphatic heterocycles. The molecular formula is C23H23ClN2O4S. The monoisotopic (exact) mass is 458 g/mol. The van der Waals surface area contributed by atoms with Crippen LogP contribution in [0.1, 0.15) is 21.5 Å². The van der Waals surface area contributed by atoms with Crippen molar-refractivity contribution < 1.29 is 17.9 Å². The van der Waals surface area contributed by atoms with Gasteiger partial charge in [0.05, 0.1) is 17.1 Å². The fraction of sp³-hybridized carbons (Fsp3) is 0.174. The summed E-state index contributed by atoms with van der Waals surface area (Å²) in [5.41, 5.74) is 2.45. The van der Waals surface area contributed by atoms with Crippen molar-refractivity contribution in [2.24, 2.45) is 0 Å². The van der Waals surface area contributed by atoms with Crippen molar-refractivity contribution in [3.05, 3.63) is 88.4 Å². The third-order valence-electron chi connectivity index (χ3n) is 4.59. The van der Waals surface area contributed by atoms with Crippen LogP contribution in [0, 0.1) is 13.8 Å². The van der Waals surface area contributed by atoms with Crippen LogP contribution in [-0.2, 0) is 10.0 Å². The number of aryl methyl sites for hydroxylation is 2. The highest BCUT2D eigenvalue weighted by molar-refractivity contribution is 7.92. The Hall–Kier alpha value is -3.03. The molecule has 6 nitrogen and oxygen atoms in total. The summed E-state index contributed by atoms with van der Waals surface area (Å²) >= 11 is 6.07. The highest BCUT2D eigenvalue weighted by Gasteiger charge is 2.15. The normalized spacial score (nSPS) is 11.1. The zero-order valence-electron chi connectivity index (χ0n) is 17.2. The summed E-state index contributed by atoms with van der Waals surface area (Å²) < 4.78 is 33.1. The van der Waals surface area contributed by atoms with Gasteiger partial charge in [-0.2, -0.15) is 0 Å². The van der Waals surface area contributed by atoms with Gasteiger partial charge in [-0.1, -0.05) is 35.9 Å². The van der Waals surface area contributed by atoms with Gasteiger partial charge in [0.15, 0.2) is 0 Å². The molecule has 0 saturated carbocycles. The van der Waals surface area contributed by atoms with Crippen molar-refractivity contribution in [1.29, 1.82) is 0 Å². The minimum atomic E-state index is -3.70. The first kappa shape index (κ1) is 22.7. The quantitative estimate of drug-likeness (QED) is 0.484. The summed E-state index contributed by atoms with van der Waals surface area (Å²) in [5.74, 6) is 0.363. The van der Waals surface area contributed by atoms with E-state index in [1.54, 1.807) is 49.4 Å². The Bertz CT molecular complexity index is 1180. The van der Waals surface area contributed by atoms with E-state index in [1.165, 1.54) is 12.1 Å². The molecule has 0 fully saturated rings. The first-order valence-electron chi connectivity index (χ1n) is 9.62. The molecule has 2 N–H and O–H groups in total. The van der Waals surface area contributed by atoms with E-state index in [0.717, 1.165) is 5.56 Å². The second-order valence-corrected chi connectivity index (χ2v) is 9.05. The summed E-state index contributed by atoms with van der Waals surface area (Å²) in [7, 11) is -3.70. The van der Waals surface area contributed by atoms with Crippen LogP contribution in [-0.4, -0.2) is 27.5 Å². The van der Waals surface area contributed by atoms with Gasteiger partial charge in [0.2, 0.25) is 0 Å². The maximum absolute atomic E-state index is 12.5. The van der Waals surface area contributed by atoms with Crippen LogP contribution in [0.5, 0.6) is 5.75 Å². The number of nitrogens with one attached hydrogen (secondary N) is 2. The summed E-state index contributed by atoms with van der Waals surface area (Å²) in [4.78, 5) is 12.6. The summed E-state index contributed by atoms with van der Waals surface area (Å²) in [6.45, 7) is 4.25. The highest BCUT2D eigenvalue weighted by Crippen LogP contribution is 2.22. The molecule has 3 aromatic rings. The molecule has 0 aromatic heterocycles. The number of halogens is 1. The largest absolute Gasteiger partial charge is 0.492 e. The van der Waals surface area contributed by atoms with Gasteiger partial charge in [-0.15, -0.1) is 0 Å². The van der Waals surface area contributed by atoms with Gasteiger partial charge in [-0.05, 0) is 67.4 Å². The van der Waals surface area contributed by atoms with Crippen LogP contribution >= 0.6 is 11.6 Å². The minimum absolute atomic E-state index is 0.172. The Morgan fingerprint density at radius 3 is 2.39 bits per heavy atom. The molecule has 8 heteroatoms. The van der Waals surface area contributed by atoms with Crippen LogP contribution in [0.25, 0.3) is 0 Å². The smallest absolute Gasteiger partial charge is 0.261 e. The number of sulfonamides is 1. The number of amides is 1. The van der Waals surface area contributed by atoms with E-state index in [9.17, 15) is 13.2 Å².